The van der Waals surface area contributed by atoms with Crippen molar-refractivity contribution in [2.75, 3.05) is 39.9 Å². The zero-order valence-electron chi connectivity index (χ0n) is 23.2. The van der Waals surface area contributed by atoms with Crippen LogP contribution in [0.5, 0.6) is 11.8 Å². The van der Waals surface area contributed by atoms with Crippen molar-refractivity contribution < 1.29 is 54.2 Å². The Bertz CT molecular complexity index is 1300. The fraction of sp³-hybridized carbons (Fsp3) is 0.370. The topological polar surface area (TPSA) is 242 Å². The number of aliphatic hydroxyl groups excluding tert-OH is 1. The lowest BCUT2D eigenvalue weighted by Gasteiger charge is -2.33. The predicted octanol–water partition coefficient (Wildman–Crippen LogP) is 0.511. The Kier molecular flexibility index (Phi) is 14.2. The van der Waals surface area contributed by atoms with Crippen LogP contribution in [0.1, 0.15) is 24.5 Å². The minimum Gasteiger partial charge on any atom is -0.481 e. The maximum Gasteiger partial charge on any atom is 0.414 e. The van der Waals surface area contributed by atoms with Crippen LogP contribution < -0.4 is 14.8 Å². The molecule has 0 aromatic carbocycles. The van der Waals surface area contributed by atoms with Gasteiger partial charge in [-0.05, 0) is 44.1 Å². The molecule has 0 aliphatic carbocycles. The van der Waals surface area contributed by atoms with E-state index in [4.69, 9.17) is 49.1 Å². The number of aromatic nitrogens is 3. The van der Waals surface area contributed by atoms with Gasteiger partial charge in [0.25, 0.3) is 0 Å². The minimum atomic E-state index is -1.82. The number of carbonyl (C=O) groups is 4. The first kappa shape index (κ1) is 34.3. The molecule has 0 radical (unpaired) electrons. The van der Waals surface area contributed by atoms with E-state index in [1.807, 2.05) is 30.3 Å². The molecule has 3 aromatic heterocycles. The first-order chi connectivity index (χ1) is 20.5. The van der Waals surface area contributed by atoms with E-state index >= 15 is 0 Å². The van der Waals surface area contributed by atoms with E-state index in [2.05, 4.69) is 25.2 Å². The molecule has 1 atom stereocenters. The molecule has 16 nitrogen and oxygen atoms in total. The first-order valence-electron chi connectivity index (χ1n) is 12.9. The quantitative estimate of drug-likeness (QED) is 0.144. The van der Waals surface area contributed by atoms with Gasteiger partial charge < -0.3 is 45.2 Å². The summed E-state index contributed by atoms with van der Waals surface area (Å²) >= 11 is 0. The molecule has 0 bridgehead atoms. The number of fused-ring (bicyclic) bond motifs is 1. The lowest BCUT2D eigenvalue weighted by atomic mass is 10.0. The van der Waals surface area contributed by atoms with Gasteiger partial charge in [0.1, 0.15) is 6.61 Å². The number of nitrogens with one attached hydrogen (secondary N) is 1. The van der Waals surface area contributed by atoms with E-state index in [1.54, 1.807) is 25.6 Å². The molecule has 6 N–H and O–H groups in total. The lowest BCUT2D eigenvalue weighted by Crippen LogP contribution is -2.44. The van der Waals surface area contributed by atoms with Crippen molar-refractivity contribution in [2.45, 2.75) is 25.0 Å². The Balaban J connectivity index is 0.000000455. The number of carboxylic acids is 4. The van der Waals surface area contributed by atoms with Crippen molar-refractivity contribution in [1.29, 1.82) is 0 Å². The van der Waals surface area contributed by atoms with Gasteiger partial charge >= 0.3 is 23.9 Å². The molecule has 43 heavy (non-hydrogen) atoms. The molecular weight excluding hydrogens is 570 g/mol. The molecular formula is C27H33N5O11. The predicted molar refractivity (Wildman–Crippen MR) is 149 cm³/mol. The summed E-state index contributed by atoms with van der Waals surface area (Å²) in [6, 6.07) is 11.6. The maximum atomic E-state index is 10.9. The van der Waals surface area contributed by atoms with E-state index in [-0.39, 0.29) is 0 Å². The normalized spacial score (nSPS) is 13.8. The van der Waals surface area contributed by atoms with Crippen LogP contribution in [-0.2, 0) is 19.2 Å². The molecule has 0 spiro atoms. The Morgan fingerprint density at radius 2 is 1.56 bits per heavy atom. The summed E-state index contributed by atoms with van der Waals surface area (Å²) in [6.07, 6.45) is 4.91. The molecule has 0 unspecified atom stereocenters. The van der Waals surface area contributed by atoms with Gasteiger partial charge in [0, 0.05) is 49.2 Å². The van der Waals surface area contributed by atoms with Crippen molar-refractivity contribution in [3.63, 3.8) is 0 Å². The fourth-order valence-electron chi connectivity index (χ4n) is 3.92. The average molecular weight is 604 g/mol. The third-order valence-electron chi connectivity index (χ3n) is 5.97. The number of aliphatic hydroxyl groups is 1. The highest BCUT2D eigenvalue weighted by Gasteiger charge is 2.22. The molecule has 16 heteroatoms. The highest BCUT2D eigenvalue weighted by molar-refractivity contribution is 6.27. The lowest BCUT2D eigenvalue weighted by molar-refractivity contribution is -0.159. The third kappa shape index (κ3) is 12.2. The van der Waals surface area contributed by atoms with E-state index in [1.165, 1.54) is 0 Å². The standard InChI is InChI=1S/C23H29N5O3.2C2H2O4/c1-30-22-6-5-19-23(27-22)18(7-11-25-19)20(29)16-28-13-8-17(9-14-28)24-12-15-31-21-4-2-3-10-26-21;2*3-1(4)2(5)6/h2-7,10-11,17,20,24,29H,8-9,12-16H2,1H3;2*(H,3,4)(H,5,6)/t20-;;/m0../s1. The van der Waals surface area contributed by atoms with Crippen LogP contribution in [0.25, 0.3) is 11.0 Å². The molecule has 1 aliphatic heterocycles. The second-order valence-corrected chi connectivity index (χ2v) is 8.90. The SMILES string of the molecule is COc1ccc2nccc([C@@H](O)CN3CCC(NCCOc4ccccn4)CC3)c2n1.O=C(O)C(=O)O.O=C(O)C(=O)O. The monoisotopic (exact) mass is 603 g/mol. The summed E-state index contributed by atoms with van der Waals surface area (Å²) in [4.78, 5) is 51.7. The molecule has 4 heterocycles. The number of pyridine rings is 3. The van der Waals surface area contributed by atoms with E-state index in [0.29, 0.717) is 36.5 Å². The van der Waals surface area contributed by atoms with Crippen LogP contribution in [0.2, 0.25) is 0 Å². The summed E-state index contributed by atoms with van der Waals surface area (Å²) < 4.78 is 10.9. The molecule has 1 aliphatic rings. The van der Waals surface area contributed by atoms with Gasteiger partial charge in [-0.3, -0.25) is 4.98 Å². The molecule has 0 amide bonds. The molecule has 4 rings (SSSR count). The number of nitrogens with zero attached hydrogens (tertiary/aromatic N) is 4. The highest BCUT2D eigenvalue weighted by Crippen LogP contribution is 2.25. The zero-order valence-corrected chi connectivity index (χ0v) is 23.2. The summed E-state index contributed by atoms with van der Waals surface area (Å²) in [5, 5.41) is 44.0. The van der Waals surface area contributed by atoms with Gasteiger partial charge in [0.2, 0.25) is 11.8 Å². The molecule has 1 saturated heterocycles. The third-order valence-corrected chi connectivity index (χ3v) is 5.97. The van der Waals surface area contributed by atoms with Gasteiger partial charge in [-0.2, -0.15) is 0 Å². The van der Waals surface area contributed by atoms with Crippen molar-refractivity contribution in [1.82, 2.24) is 25.2 Å². The number of ether oxygens (including phenoxy) is 2. The maximum absolute atomic E-state index is 10.9. The Labute approximate surface area is 245 Å². The highest BCUT2D eigenvalue weighted by atomic mass is 16.5. The fourth-order valence-corrected chi connectivity index (χ4v) is 3.92. The minimum absolute atomic E-state index is 0.466. The van der Waals surface area contributed by atoms with Crippen LogP contribution in [0.15, 0.2) is 48.8 Å². The number of piperidine rings is 1. The van der Waals surface area contributed by atoms with Gasteiger partial charge in [0.05, 0.1) is 24.2 Å². The van der Waals surface area contributed by atoms with E-state index in [0.717, 1.165) is 43.6 Å². The second kappa shape index (κ2) is 17.8. The van der Waals surface area contributed by atoms with Crippen LogP contribution in [0.3, 0.4) is 0 Å². The Morgan fingerprint density at radius 1 is 0.907 bits per heavy atom. The second-order valence-electron chi connectivity index (χ2n) is 8.90. The van der Waals surface area contributed by atoms with E-state index < -0.39 is 30.0 Å². The summed E-state index contributed by atoms with van der Waals surface area (Å²) in [6.45, 7) is 3.85. The number of likely N-dealkylation sites (tertiary alicyclic amines) is 1. The number of aliphatic carboxylic acids is 4. The van der Waals surface area contributed by atoms with Crippen molar-refractivity contribution >= 4 is 34.9 Å². The van der Waals surface area contributed by atoms with Crippen molar-refractivity contribution in [3.8, 4) is 11.8 Å². The number of methoxy groups -OCH3 is 1. The molecule has 0 saturated carbocycles. The van der Waals surface area contributed by atoms with Gasteiger partial charge in [-0.15, -0.1) is 0 Å². The molecule has 3 aromatic rings. The summed E-state index contributed by atoms with van der Waals surface area (Å²) in [5.41, 5.74) is 2.24. The van der Waals surface area contributed by atoms with Crippen LogP contribution in [0, 0.1) is 0 Å². The number of hydrogen-bond acceptors (Lipinski definition) is 12. The average Bonchev–Trinajstić information content (AvgIpc) is 3.00. The van der Waals surface area contributed by atoms with Gasteiger partial charge in [-0.25, -0.2) is 29.1 Å². The number of rotatable bonds is 9. The van der Waals surface area contributed by atoms with Crippen LogP contribution in [0.4, 0.5) is 0 Å². The van der Waals surface area contributed by atoms with E-state index in [9.17, 15) is 5.11 Å². The van der Waals surface area contributed by atoms with Crippen LogP contribution >= 0.6 is 0 Å². The van der Waals surface area contributed by atoms with Gasteiger partial charge in [-0.1, -0.05) is 6.07 Å². The zero-order chi connectivity index (χ0) is 31.8. The van der Waals surface area contributed by atoms with Crippen LogP contribution in [-0.4, -0.2) is 115 Å². The number of carboxylic acid groups (broad SMARTS) is 4. The number of hydrogen-bond donors (Lipinski definition) is 6. The summed E-state index contributed by atoms with van der Waals surface area (Å²) in [5.74, 6) is -6.12. The molecule has 232 valence electrons. The Hall–Kier alpha value is -4.93. The Morgan fingerprint density at radius 3 is 2.12 bits per heavy atom. The summed E-state index contributed by atoms with van der Waals surface area (Å²) in [7, 11) is 1.59. The first-order valence-corrected chi connectivity index (χ1v) is 12.9. The molecule has 1 fully saturated rings. The van der Waals surface area contributed by atoms with Crippen molar-refractivity contribution in [3.05, 3.63) is 54.4 Å². The van der Waals surface area contributed by atoms with Gasteiger partial charge in [0.15, 0.2) is 0 Å². The van der Waals surface area contributed by atoms with Crippen molar-refractivity contribution in [2.24, 2.45) is 0 Å². The smallest absolute Gasteiger partial charge is 0.414 e. The largest absolute Gasteiger partial charge is 0.481 e. The number of β-amino-alcohol motifs (C(OH)–C–C–N with tert-alkyl or cyclic N) is 1.